The van der Waals surface area contributed by atoms with Gasteiger partial charge in [-0.3, -0.25) is 0 Å². The van der Waals surface area contributed by atoms with E-state index < -0.39 is 5.97 Å². The first-order chi connectivity index (χ1) is 10.2. The molecular formula is C15H9N3O2S. The van der Waals surface area contributed by atoms with Crippen LogP contribution in [0.5, 0.6) is 0 Å². The number of carboxylic acid groups (broad SMARTS) is 1. The maximum Gasteiger partial charge on any atom is 0.335 e. The van der Waals surface area contributed by atoms with Gasteiger partial charge >= 0.3 is 5.97 Å². The predicted molar refractivity (Wildman–Crippen MR) is 78.6 cm³/mol. The maximum atomic E-state index is 10.9. The summed E-state index contributed by atoms with van der Waals surface area (Å²) in [5.41, 5.74) is 2.33. The van der Waals surface area contributed by atoms with Gasteiger partial charge in [0.1, 0.15) is 11.1 Å². The molecule has 0 spiro atoms. The molecule has 102 valence electrons. The van der Waals surface area contributed by atoms with E-state index >= 15 is 0 Å². The van der Waals surface area contributed by atoms with E-state index in [1.807, 2.05) is 11.6 Å². The largest absolute Gasteiger partial charge is 0.478 e. The molecule has 0 aliphatic carbocycles. The minimum Gasteiger partial charge on any atom is -0.478 e. The van der Waals surface area contributed by atoms with Crippen LogP contribution in [0, 0.1) is 11.3 Å². The third-order valence-electron chi connectivity index (χ3n) is 3.02. The molecule has 2 aromatic heterocycles. The molecule has 5 nitrogen and oxygen atoms in total. The third-order valence-corrected chi connectivity index (χ3v) is 3.83. The van der Waals surface area contributed by atoms with Gasteiger partial charge in [-0.05, 0) is 24.3 Å². The van der Waals surface area contributed by atoms with Crippen molar-refractivity contribution in [2.24, 2.45) is 0 Å². The van der Waals surface area contributed by atoms with E-state index in [2.05, 4.69) is 11.1 Å². The highest BCUT2D eigenvalue weighted by Crippen LogP contribution is 2.27. The van der Waals surface area contributed by atoms with E-state index in [0.717, 1.165) is 16.3 Å². The second-order valence-electron chi connectivity index (χ2n) is 4.29. The summed E-state index contributed by atoms with van der Waals surface area (Å²) >= 11 is 1.47. The highest BCUT2D eigenvalue weighted by Gasteiger charge is 2.12. The summed E-state index contributed by atoms with van der Waals surface area (Å²) in [4.78, 5) is 15.1. The number of nitriles is 1. The fourth-order valence-corrected chi connectivity index (χ4v) is 2.66. The summed E-state index contributed by atoms with van der Waals surface area (Å²) in [6.45, 7) is 0. The Balaban J connectivity index is 2.04. The molecule has 6 heteroatoms. The summed E-state index contributed by atoms with van der Waals surface area (Å²) in [5.74, 6) is -0.963. The molecule has 0 bridgehead atoms. The summed E-state index contributed by atoms with van der Waals surface area (Å²) in [7, 11) is 0. The number of hydrogen-bond acceptors (Lipinski definition) is 4. The van der Waals surface area contributed by atoms with Gasteiger partial charge in [0.15, 0.2) is 0 Å². The average molecular weight is 295 g/mol. The lowest BCUT2D eigenvalue weighted by molar-refractivity contribution is 0.0697. The van der Waals surface area contributed by atoms with Crippen molar-refractivity contribution in [3.05, 3.63) is 59.4 Å². The van der Waals surface area contributed by atoms with Crippen molar-refractivity contribution in [1.29, 1.82) is 5.26 Å². The van der Waals surface area contributed by atoms with Crippen LogP contribution in [0.3, 0.4) is 0 Å². The molecule has 0 saturated heterocycles. The number of aromatic carboxylic acids is 1. The van der Waals surface area contributed by atoms with E-state index in [0.29, 0.717) is 5.56 Å². The van der Waals surface area contributed by atoms with Crippen LogP contribution in [0.1, 0.15) is 15.9 Å². The van der Waals surface area contributed by atoms with Crippen molar-refractivity contribution < 1.29 is 9.90 Å². The van der Waals surface area contributed by atoms with E-state index in [-0.39, 0.29) is 5.56 Å². The second-order valence-corrected chi connectivity index (χ2v) is 5.19. The molecule has 1 N–H and O–H groups in total. The minimum atomic E-state index is -0.963. The number of benzene rings is 1. The summed E-state index contributed by atoms with van der Waals surface area (Å²) in [5, 5.41) is 20.8. The van der Waals surface area contributed by atoms with E-state index in [1.165, 1.54) is 23.5 Å². The van der Waals surface area contributed by atoms with Crippen molar-refractivity contribution in [3.8, 4) is 22.3 Å². The van der Waals surface area contributed by atoms with Crippen LogP contribution in [-0.4, -0.2) is 20.6 Å². The van der Waals surface area contributed by atoms with Gasteiger partial charge in [-0.25, -0.2) is 9.78 Å². The molecule has 0 fully saturated rings. The van der Waals surface area contributed by atoms with Gasteiger partial charge in [-0.1, -0.05) is 0 Å². The normalized spacial score (nSPS) is 10.2. The van der Waals surface area contributed by atoms with E-state index in [1.54, 1.807) is 29.1 Å². The molecule has 0 aliphatic rings. The van der Waals surface area contributed by atoms with Crippen LogP contribution in [0.4, 0.5) is 0 Å². The average Bonchev–Trinajstić information content (AvgIpc) is 3.16. The second kappa shape index (κ2) is 5.23. The Morgan fingerprint density at radius 2 is 2.05 bits per heavy atom. The van der Waals surface area contributed by atoms with Crippen LogP contribution in [0.25, 0.3) is 16.3 Å². The monoisotopic (exact) mass is 295 g/mol. The van der Waals surface area contributed by atoms with Gasteiger partial charge in [0.25, 0.3) is 0 Å². The SMILES string of the molecule is N#Cc1cn(-c2ccc(C(=O)O)cc2)cc1-c1nccs1. The molecule has 0 aliphatic heterocycles. The van der Waals surface area contributed by atoms with Gasteiger partial charge in [0.05, 0.1) is 11.1 Å². The zero-order valence-electron chi connectivity index (χ0n) is 10.7. The van der Waals surface area contributed by atoms with Crippen LogP contribution >= 0.6 is 11.3 Å². The zero-order valence-corrected chi connectivity index (χ0v) is 11.5. The van der Waals surface area contributed by atoms with Crippen LogP contribution in [0.15, 0.2) is 48.2 Å². The molecule has 3 rings (SSSR count). The quantitative estimate of drug-likeness (QED) is 0.805. The standard InChI is InChI=1S/C15H9N3O2S/c16-7-11-8-18(9-13(11)14-17-5-6-21-14)12-3-1-10(2-4-12)15(19)20/h1-6,8-9H,(H,19,20). The highest BCUT2D eigenvalue weighted by molar-refractivity contribution is 7.13. The Labute approximate surface area is 124 Å². The molecule has 21 heavy (non-hydrogen) atoms. The Morgan fingerprint density at radius 3 is 2.62 bits per heavy atom. The topological polar surface area (TPSA) is 78.9 Å². The number of nitrogens with zero attached hydrogens (tertiary/aromatic N) is 3. The number of aromatic nitrogens is 2. The maximum absolute atomic E-state index is 10.9. The van der Waals surface area contributed by atoms with Crippen molar-refractivity contribution in [2.45, 2.75) is 0 Å². The lowest BCUT2D eigenvalue weighted by Gasteiger charge is -2.02. The van der Waals surface area contributed by atoms with Crippen molar-refractivity contribution >= 4 is 17.3 Å². The molecule has 0 atom stereocenters. The summed E-state index contributed by atoms with van der Waals surface area (Å²) < 4.78 is 1.79. The van der Waals surface area contributed by atoms with Gasteiger partial charge in [-0.15, -0.1) is 11.3 Å². The van der Waals surface area contributed by atoms with Crippen molar-refractivity contribution in [1.82, 2.24) is 9.55 Å². The lowest BCUT2D eigenvalue weighted by atomic mass is 10.2. The number of carbonyl (C=O) groups is 1. The van der Waals surface area contributed by atoms with Gasteiger partial charge < -0.3 is 9.67 Å². The number of carboxylic acids is 1. The van der Waals surface area contributed by atoms with E-state index in [4.69, 9.17) is 5.11 Å². The zero-order chi connectivity index (χ0) is 14.8. The fourth-order valence-electron chi connectivity index (χ4n) is 2.00. The summed E-state index contributed by atoms with van der Waals surface area (Å²) in [6.07, 6.45) is 5.24. The Kier molecular flexibility index (Phi) is 3.26. The van der Waals surface area contributed by atoms with E-state index in [9.17, 15) is 10.1 Å². The van der Waals surface area contributed by atoms with Crippen molar-refractivity contribution in [3.63, 3.8) is 0 Å². The Bertz CT molecular complexity index is 827. The number of thiazole rings is 1. The van der Waals surface area contributed by atoms with Gasteiger partial charge in [0, 0.05) is 35.2 Å². The van der Waals surface area contributed by atoms with Gasteiger partial charge in [-0.2, -0.15) is 5.26 Å². The highest BCUT2D eigenvalue weighted by atomic mass is 32.1. The molecule has 0 amide bonds. The smallest absolute Gasteiger partial charge is 0.335 e. The first-order valence-electron chi connectivity index (χ1n) is 6.05. The van der Waals surface area contributed by atoms with Crippen LogP contribution in [-0.2, 0) is 0 Å². The molecule has 1 aromatic carbocycles. The summed E-state index contributed by atoms with van der Waals surface area (Å²) in [6, 6.07) is 8.63. The minimum absolute atomic E-state index is 0.228. The van der Waals surface area contributed by atoms with Crippen molar-refractivity contribution in [2.75, 3.05) is 0 Å². The lowest BCUT2D eigenvalue weighted by Crippen LogP contribution is -1.97. The number of rotatable bonds is 3. The predicted octanol–water partition coefficient (Wildman–Crippen LogP) is 3.17. The molecule has 2 heterocycles. The van der Waals surface area contributed by atoms with Crippen LogP contribution < -0.4 is 0 Å². The van der Waals surface area contributed by atoms with Crippen LogP contribution in [0.2, 0.25) is 0 Å². The van der Waals surface area contributed by atoms with Gasteiger partial charge in [0.2, 0.25) is 0 Å². The molecule has 0 unspecified atom stereocenters. The number of hydrogen-bond donors (Lipinski definition) is 1. The Hall–Kier alpha value is -2.91. The molecule has 3 aromatic rings. The fraction of sp³-hybridized carbons (Fsp3) is 0. The first kappa shape index (κ1) is 13.1. The first-order valence-corrected chi connectivity index (χ1v) is 6.92. The molecular weight excluding hydrogens is 286 g/mol. The Morgan fingerprint density at radius 1 is 1.29 bits per heavy atom. The molecule has 0 radical (unpaired) electrons. The molecule has 0 saturated carbocycles. The third kappa shape index (κ3) is 2.42.